The summed E-state index contributed by atoms with van der Waals surface area (Å²) in [6.45, 7) is 8.19. The van der Waals surface area contributed by atoms with Crippen LogP contribution in [0.5, 0.6) is 5.75 Å². The summed E-state index contributed by atoms with van der Waals surface area (Å²) in [5.41, 5.74) is 1.31. The fourth-order valence-corrected chi connectivity index (χ4v) is 2.61. The van der Waals surface area contributed by atoms with Gasteiger partial charge in [-0.3, -0.25) is 4.90 Å². The van der Waals surface area contributed by atoms with Crippen molar-refractivity contribution in [1.82, 2.24) is 4.90 Å². The van der Waals surface area contributed by atoms with Gasteiger partial charge in [-0.15, -0.1) is 0 Å². The van der Waals surface area contributed by atoms with E-state index in [1.807, 2.05) is 12.1 Å². The van der Waals surface area contributed by atoms with Gasteiger partial charge >= 0.3 is 0 Å². The van der Waals surface area contributed by atoms with Crippen LogP contribution in [0.2, 0.25) is 0 Å². The van der Waals surface area contributed by atoms with Gasteiger partial charge in [0, 0.05) is 31.9 Å². The standard InChI is InChI=1S/C16H26N2O/c1-3-4-5-10-17-11-13-18(14-12-17)15-6-8-16(19-2)9-7-15/h6-9H,3-5,10-14H2,1-2H3. The number of anilines is 1. The maximum Gasteiger partial charge on any atom is 0.119 e. The van der Waals surface area contributed by atoms with Crippen LogP contribution >= 0.6 is 0 Å². The zero-order valence-corrected chi connectivity index (χ0v) is 12.3. The van der Waals surface area contributed by atoms with Crippen LogP contribution in [0, 0.1) is 0 Å². The first-order valence-electron chi connectivity index (χ1n) is 7.45. The number of hydrogen-bond donors (Lipinski definition) is 0. The van der Waals surface area contributed by atoms with Gasteiger partial charge in [-0.1, -0.05) is 19.8 Å². The Balaban J connectivity index is 1.78. The molecule has 1 fully saturated rings. The molecule has 0 radical (unpaired) electrons. The van der Waals surface area contributed by atoms with E-state index in [0.717, 1.165) is 18.8 Å². The minimum Gasteiger partial charge on any atom is -0.497 e. The molecular weight excluding hydrogens is 236 g/mol. The molecule has 0 aliphatic carbocycles. The normalized spacial score (nSPS) is 16.6. The minimum atomic E-state index is 0.932. The first-order valence-corrected chi connectivity index (χ1v) is 7.45. The van der Waals surface area contributed by atoms with Crippen molar-refractivity contribution in [1.29, 1.82) is 0 Å². The molecule has 1 aliphatic rings. The monoisotopic (exact) mass is 262 g/mol. The molecule has 1 saturated heterocycles. The van der Waals surface area contributed by atoms with Crippen molar-refractivity contribution >= 4 is 5.69 Å². The minimum absolute atomic E-state index is 0.932. The van der Waals surface area contributed by atoms with Crippen molar-refractivity contribution in [3.05, 3.63) is 24.3 Å². The quantitative estimate of drug-likeness (QED) is 0.733. The van der Waals surface area contributed by atoms with Gasteiger partial charge in [0.15, 0.2) is 0 Å². The molecule has 1 aromatic rings. The lowest BCUT2D eigenvalue weighted by Gasteiger charge is -2.36. The Morgan fingerprint density at radius 2 is 1.68 bits per heavy atom. The summed E-state index contributed by atoms with van der Waals surface area (Å²) >= 11 is 0. The highest BCUT2D eigenvalue weighted by Gasteiger charge is 2.16. The van der Waals surface area contributed by atoms with Gasteiger partial charge in [-0.25, -0.2) is 0 Å². The van der Waals surface area contributed by atoms with Crippen LogP contribution in [0.15, 0.2) is 24.3 Å². The second kappa shape index (κ2) is 7.39. The van der Waals surface area contributed by atoms with Crippen molar-refractivity contribution in [3.63, 3.8) is 0 Å². The number of methoxy groups -OCH3 is 1. The van der Waals surface area contributed by atoms with Crippen LogP contribution in [0.1, 0.15) is 26.2 Å². The van der Waals surface area contributed by atoms with Crippen LogP contribution in [0.3, 0.4) is 0 Å². The van der Waals surface area contributed by atoms with Gasteiger partial charge in [0.25, 0.3) is 0 Å². The highest BCUT2D eigenvalue weighted by atomic mass is 16.5. The predicted molar refractivity (Wildman–Crippen MR) is 81.2 cm³/mol. The third kappa shape index (κ3) is 4.13. The first kappa shape index (κ1) is 14.2. The Morgan fingerprint density at radius 3 is 2.26 bits per heavy atom. The third-order valence-corrected chi connectivity index (χ3v) is 3.89. The molecule has 0 atom stereocenters. The van der Waals surface area contributed by atoms with Crippen LogP contribution in [-0.2, 0) is 0 Å². The molecule has 19 heavy (non-hydrogen) atoms. The molecule has 0 unspecified atom stereocenters. The number of nitrogens with zero attached hydrogens (tertiary/aromatic N) is 2. The Bertz CT molecular complexity index is 356. The fraction of sp³-hybridized carbons (Fsp3) is 0.625. The molecule has 3 nitrogen and oxygen atoms in total. The summed E-state index contributed by atoms with van der Waals surface area (Å²) in [6.07, 6.45) is 4.02. The maximum atomic E-state index is 5.20. The maximum absolute atomic E-state index is 5.20. The van der Waals surface area contributed by atoms with E-state index in [-0.39, 0.29) is 0 Å². The van der Waals surface area contributed by atoms with Crippen LogP contribution in [0.4, 0.5) is 5.69 Å². The Morgan fingerprint density at radius 1 is 1.00 bits per heavy atom. The molecule has 0 aromatic heterocycles. The molecule has 1 heterocycles. The Hall–Kier alpha value is -1.22. The average molecular weight is 262 g/mol. The van der Waals surface area contributed by atoms with Crippen molar-refractivity contribution in [2.75, 3.05) is 44.7 Å². The summed E-state index contributed by atoms with van der Waals surface area (Å²) in [4.78, 5) is 5.06. The number of rotatable bonds is 6. The second-order valence-corrected chi connectivity index (χ2v) is 5.23. The molecule has 0 bridgehead atoms. The topological polar surface area (TPSA) is 15.7 Å². The molecule has 106 valence electrons. The summed E-state index contributed by atoms with van der Waals surface area (Å²) in [5.74, 6) is 0.932. The van der Waals surface area contributed by atoms with E-state index in [2.05, 4.69) is 28.9 Å². The number of unbranched alkanes of at least 4 members (excludes halogenated alkanes) is 2. The van der Waals surface area contributed by atoms with Crippen molar-refractivity contribution in [3.8, 4) is 5.75 Å². The van der Waals surface area contributed by atoms with Crippen LogP contribution in [0.25, 0.3) is 0 Å². The fourth-order valence-electron chi connectivity index (χ4n) is 2.61. The summed E-state index contributed by atoms with van der Waals surface area (Å²) < 4.78 is 5.20. The van der Waals surface area contributed by atoms with E-state index in [9.17, 15) is 0 Å². The number of piperazine rings is 1. The van der Waals surface area contributed by atoms with Gasteiger partial charge in [0.1, 0.15) is 5.75 Å². The van der Waals surface area contributed by atoms with Gasteiger partial charge in [-0.2, -0.15) is 0 Å². The van der Waals surface area contributed by atoms with E-state index >= 15 is 0 Å². The molecule has 1 aliphatic heterocycles. The predicted octanol–water partition coefficient (Wildman–Crippen LogP) is 3.01. The lowest BCUT2D eigenvalue weighted by Crippen LogP contribution is -2.46. The zero-order chi connectivity index (χ0) is 13.5. The van der Waals surface area contributed by atoms with Gasteiger partial charge in [-0.05, 0) is 37.2 Å². The molecule has 0 amide bonds. The van der Waals surface area contributed by atoms with Gasteiger partial charge < -0.3 is 9.64 Å². The van der Waals surface area contributed by atoms with Crippen molar-refractivity contribution in [2.24, 2.45) is 0 Å². The van der Waals surface area contributed by atoms with Gasteiger partial charge in [0.2, 0.25) is 0 Å². The zero-order valence-electron chi connectivity index (χ0n) is 12.3. The van der Waals surface area contributed by atoms with Crippen LogP contribution in [-0.4, -0.2) is 44.7 Å². The van der Waals surface area contributed by atoms with Gasteiger partial charge in [0.05, 0.1) is 7.11 Å². The molecule has 0 N–H and O–H groups in total. The van der Waals surface area contributed by atoms with Crippen molar-refractivity contribution < 1.29 is 4.74 Å². The SMILES string of the molecule is CCCCCN1CCN(c2ccc(OC)cc2)CC1. The molecule has 0 spiro atoms. The Labute approximate surface area is 117 Å². The summed E-state index contributed by atoms with van der Waals surface area (Å²) in [6, 6.07) is 8.41. The summed E-state index contributed by atoms with van der Waals surface area (Å²) in [7, 11) is 1.71. The molecule has 2 rings (SSSR count). The lowest BCUT2D eigenvalue weighted by atomic mass is 10.2. The van der Waals surface area contributed by atoms with E-state index in [1.165, 1.54) is 44.6 Å². The third-order valence-electron chi connectivity index (χ3n) is 3.89. The number of benzene rings is 1. The number of hydrogen-bond acceptors (Lipinski definition) is 3. The summed E-state index contributed by atoms with van der Waals surface area (Å²) in [5, 5.41) is 0. The molecule has 1 aromatic carbocycles. The lowest BCUT2D eigenvalue weighted by molar-refractivity contribution is 0.252. The van der Waals surface area contributed by atoms with Crippen LogP contribution < -0.4 is 9.64 Å². The smallest absolute Gasteiger partial charge is 0.119 e. The van der Waals surface area contributed by atoms with E-state index in [0.29, 0.717) is 0 Å². The molecule has 0 saturated carbocycles. The highest BCUT2D eigenvalue weighted by molar-refractivity contribution is 5.49. The van der Waals surface area contributed by atoms with E-state index in [4.69, 9.17) is 4.74 Å². The molecular formula is C16H26N2O. The first-order chi connectivity index (χ1) is 9.33. The average Bonchev–Trinajstić information content (AvgIpc) is 2.48. The highest BCUT2D eigenvalue weighted by Crippen LogP contribution is 2.20. The second-order valence-electron chi connectivity index (χ2n) is 5.23. The van der Waals surface area contributed by atoms with Crippen molar-refractivity contribution in [2.45, 2.75) is 26.2 Å². The van der Waals surface area contributed by atoms with E-state index < -0.39 is 0 Å². The Kier molecular flexibility index (Phi) is 5.52. The molecule has 3 heteroatoms. The van der Waals surface area contributed by atoms with E-state index in [1.54, 1.807) is 7.11 Å². The number of ether oxygens (including phenoxy) is 1. The largest absolute Gasteiger partial charge is 0.497 e.